The number of hydrogen-bond acceptors (Lipinski definition) is 5. The van der Waals surface area contributed by atoms with Crippen molar-refractivity contribution in [1.29, 1.82) is 0 Å². The van der Waals surface area contributed by atoms with Crippen LogP contribution < -0.4 is 22.5 Å². The summed E-state index contributed by atoms with van der Waals surface area (Å²) in [6, 6.07) is 3.79. The van der Waals surface area contributed by atoms with Crippen LogP contribution in [0.1, 0.15) is 13.2 Å². The molecule has 0 amide bonds. The van der Waals surface area contributed by atoms with E-state index >= 15 is 0 Å². The predicted molar refractivity (Wildman–Crippen MR) is 82.4 cm³/mol. The van der Waals surface area contributed by atoms with E-state index < -0.39 is 0 Å². The second-order valence-electron chi connectivity index (χ2n) is 2.12. The number of nitrogens with two attached hydrogens (primary N) is 2. The predicted octanol–water partition coefficient (Wildman–Crippen LogP) is 0.161. The fraction of sp³-hybridized carbons (Fsp3) is 0.250. The molecule has 0 bridgehead atoms. The molecule has 0 aliphatic carbocycles. The van der Waals surface area contributed by atoms with Crippen LogP contribution in [0.15, 0.2) is 22.8 Å². The third kappa shape index (κ3) is 29.8. The van der Waals surface area contributed by atoms with Gasteiger partial charge in [-0.2, -0.15) is 0 Å². The molecule has 0 aromatic carbocycles. The molecule has 7 nitrogen and oxygen atoms in total. The van der Waals surface area contributed by atoms with Gasteiger partial charge in [-0.25, -0.2) is 11.7 Å². The summed E-state index contributed by atoms with van der Waals surface area (Å²) in [5.74, 6) is 10.0. The molecule has 1 heterocycles. The standard InChI is InChI=1S/C5H6O.2CH4N2OS.CH4.K.H/c1-5-3-2-4-6-5;2*2-3-1(4)5;;;/h2-4H,1H3;2*2H2,(H2,3,4,5);1H4;;. The van der Waals surface area contributed by atoms with Gasteiger partial charge in [-0.1, -0.05) is 7.43 Å². The Morgan fingerprint density at radius 1 is 1.22 bits per heavy atom. The van der Waals surface area contributed by atoms with Crippen molar-refractivity contribution in [1.82, 2.24) is 10.9 Å². The van der Waals surface area contributed by atoms with Crippen molar-refractivity contribution in [3.8, 4) is 0 Å². The summed E-state index contributed by atoms with van der Waals surface area (Å²) >= 11 is 8.03. The SMILES string of the molecule is C.Cc1ccco1.NNC(O)=S.NNC(O)=S.[KH]. The van der Waals surface area contributed by atoms with E-state index in [-0.39, 0.29) is 69.2 Å². The molecule has 0 spiro atoms. The number of hydrogen-bond donors (Lipinski definition) is 6. The Kier molecular flexibility index (Phi) is 29.0. The van der Waals surface area contributed by atoms with Crippen LogP contribution in [-0.2, 0) is 0 Å². The number of furan rings is 1. The number of hydrazine groups is 2. The van der Waals surface area contributed by atoms with Crippen molar-refractivity contribution >= 4 is 86.2 Å². The van der Waals surface area contributed by atoms with E-state index in [9.17, 15) is 0 Å². The fourth-order valence-corrected chi connectivity index (χ4v) is 0.361. The first-order chi connectivity index (χ1) is 7.43. The van der Waals surface area contributed by atoms with Crippen molar-refractivity contribution in [2.75, 3.05) is 0 Å². The Morgan fingerprint density at radius 3 is 1.61 bits per heavy atom. The number of aliphatic hydroxyl groups is 2. The molecule has 0 aliphatic rings. The maximum atomic E-state index is 7.86. The second kappa shape index (κ2) is 19.6. The van der Waals surface area contributed by atoms with Crippen LogP contribution in [0.4, 0.5) is 0 Å². The number of nitrogens with one attached hydrogen (secondary N) is 2. The molecule has 1 aromatic rings. The second-order valence-corrected chi connectivity index (χ2v) is 2.90. The van der Waals surface area contributed by atoms with E-state index in [0.29, 0.717) is 0 Å². The van der Waals surface area contributed by atoms with Crippen molar-refractivity contribution < 1.29 is 14.6 Å². The van der Waals surface area contributed by atoms with E-state index in [2.05, 4.69) is 36.1 Å². The zero-order valence-electron chi connectivity index (χ0n) is 8.51. The zero-order chi connectivity index (χ0) is 13.0. The molecule has 0 atom stereocenters. The summed E-state index contributed by atoms with van der Waals surface area (Å²) in [7, 11) is 0. The van der Waals surface area contributed by atoms with Gasteiger partial charge in [0.15, 0.2) is 0 Å². The molecule has 102 valence electrons. The minimum atomic E-state index is -0.384. The van der Waals surface area contributed by atoms with Crippen molar-refractivity contribution in [2.45, 2.75) is 14.4 Å². The maximum absolute atomic E-state index is 7.86. The third-order valence-corrected chi connectivity index (χ3v) is 1.15. The summed E-state index contributed by atoms with van der Waals surface area (Å²) in [6.07, 6.45) is 1.66. The fourth-order valence-electron chi connectivity index (χ4n) is 0.361. The Labute approximate surface area is 160 Å². The summed E-state index contributed by atoms with van der Waals surface area (Å²) in [5.41, 5.74) is 3.63. The average Bonchev–Trinajstić information content (AvgIpc) is 2.71. The van der Waals surface area contributed by atoms with Crippen LogP contribution in [0.2, 0.25) is 0 Å². The average molecular weight is 322 g/mol. The Bertz CT molecular complexity index is 285. The van der Waals surface area contributed by atoms with E-state index in [1.807, 2.05) is 29.9 Å². The first-order valence-corrected chi connectivity index (χ1v) is 4.64. The first kappa shape index (κ1) is 26.7. The number of thiocarbonyl (C=S) groups is 2. The van der Waals surface area contributed by atoms with Crippen LogP contribution in [0.25, 0.3) is 0 Å². The minimum absolute atomic E-state index is 0. The topological polar surface area (TPSA) is 130 Å². The molecule has 0 saturated carbocycles. The first-order valence-electron chi connectivity index (χ1n) is 3.83. The Hall–Kier alpha value is 0.216. The molecular weight excluding hydrogens is 303 g/mol. The molecule has 0 unspecified atom stereocenters. The normalized spacial score (nSPS) is 6.61. The van der Waals surface area contributed by atoms with Crippen molar-refractivity contribution in [2.24, 2.45) is 11.7 Å². The van der Waals surface area contributed by atoms with Crippen LogP contribution in [-0.4, -0.2) is 71.9 Å². The summed E-state index contributed by atoms with van der Waals surface area (Å²) in [6.45, 7) is 1.92. The van der Waals surface area contributed by atoms with Gasteiger partial charge in [0.25, 0.3) is 10.3 Å². The zero-order valence-corrected chi connectivity index (χ0v) is 10.1. The van der Waals surface area contributed by atoms with Gasteiger partial charge in [-0.15, -0.1) is 0 Å². The molecule has 0 aliphatic heterocycles. The Balaban J connectivity index is -0.0000000781. The summed E-state index contributed by atoms with van der Waals surface area (Å²) < 4.78 is 4.83. The monoisotopic (exact) mass is 322 g/mol. The number of aryl methyl sites for hydroxylation is 1. The molecule has 0 saturated heterocycles. The van der Waals surface area contributed by atoms with Gasteiger partial charge in [-0.05, 0) is 43.5 Å². The van der Waals surface area contributed by atoms with E-state index in [1.54, 1.807) is 6.26 Å². The molecule has 18 heavy (non-hydrogen) atoms. The third-order valence-electron chi connectivity index (χ3n) is 0.910. The van der Waals surface area contributed by atoms with Crippen molar-refractivity contribution in [3.05, 3.63) is 24.2 Å². The van der Waals surface area contributed by atoms with Gasteiger partial charge in [-0.3, -0.25) is 10.9 Å². The molecular formula is C8H19KN4O3S2. The molecule has 0 radical (unpaired) electrons. The van der Waals surface area contributed by atoms with E-state index in [1.165, 1.54) is 0 Å². The Morgan fingerprint density at radius 2 is 1.56 bits per heavy atom. The number of rotatable bonds is 0. The molecule has 0 fully saturated rings. The summed E-state index contributed by atoms with van der Waals surface area (Å²) in [5, 5.41) is 14.9. The quantitative estimate of drug-likeness (QED) is 0.171. The van der Waals surface area contributed by atoms with Crippen LogP contribution in [0.5, 0.6) is 0 Å². The van der Waals surface area contributed by atoms with Gasteiger partial charge >= 0.3 is 51.4 Å². The van der Waals surface area contributed by atoms with Gasteiger partial charge in [0.2, 0.25) is 0 Å². The molecule has 1 aromatic heterocycles. The van der Waals surface area contributed by atoms with Crippen LogP contribution in [0.3, 0.4) is 0 Å². The summed E-state index contributed by atoms with van der Waals surface area (Å²) in [4.78, 5) is 0. The van der Waals surface area contributed by atoms with E-state index in [0.717, 1.165) is 5.76 Å². The van der Waals surface area contributed by atoms with Crippen LogP contribution >= 0.6 is 24.4 Å². The van der Waals surface area contributed by atoms with Gasteiger partial charge < -0.3 is 14.6 Å². The molecule has 1 rings (SSSR count). The van der Waals surface area contributed by atoms with Gasteiger partial charge in [0.05, 0.1) is 6.26 Å². The van der Waals surface area contributed by atoms with E-state index in [4.69, 9.17) is 14.6 Å². The van der Waals surface area contributed by atoms with Gasteiger partial charge in [0, 0.05) is 0 Å². The van der Waals surface area contributed by atoms with Gasteiger partial charge in [0.1, 0.15) is 5.76 Å². The van der Waals surface area contributed by atoms with Crippen molar-refractivity contribution in [3.63, 3.8) is 0 Å². The number of aliphatic hydroxyl groups excluding tert-OH is 2. The molecule has 10 heteroatoms. The molecule has 8 N–H and O–H groups in total. The van der Waals surface area contributed by atoms with Crippen LogP contribution in [0, 0.1) is 6.92 Å².